The van der Waals surface area contributed by atoms with Crippen LogP contribution < -0.4 is 9.64 Å². The standard InChI is InChI=1S/C20H22N4O2/c1-25-16-7-9-24(12-16)19-10-13(6-8-21-19)20-17-11-15(26-14-2-3-14)4-5-18(17)22-23-20/h4-6,8,10-11,14,16H,2-3,7,9,12H2,1H3,(H,22,23)/t16-/m0/s1. The van der Waals surface area contributed by atoms with Crippen molar-refractivity contribution in [3.05, 3.63) is 36.5 Å². The van der Waals surface area contributed by atoms with Gasteiger partial charge in [-0.25, -0.2) is 4.98 Å². The number of nitrogens with one attached hydrogen (secondary N) is 1. The van der Waals surface area contributed by atoms with Crippen LogP contribution in [0.3, 0.4) is 0 Å². The molecule has 1 aromatic carbocycles. The molecule has 5 rings (SSSR count). The molecule has 1 saturated carbocycles. The summed E-state index contributed by atoms with van der Waals surface area (Å²) in [6.07, 6.45) is 5.88. The predicted octanol–water partition coefficient (Wildman–Crippen LogP) is 3.39. The summed E-state index contributed by atoms with van der Waals surface area (Å²) in [7, 11) is 1.77. The lowest BCUT2D eigenvalue weighted by Gasteiger charge is -2.17. The molecule has 6 nitrogen and oxygen atoms in total. The Balaban J connectivity index is 1.48. The topological polar surface area (TPSA) is 63.3 Å². The lowest BCUT2D eigenvalue weighted by atomic mass is 10.1. The van der Waals surface area contributed by atoms with Gasteiger partial charge >= 0.3 is 0 Å². The van der Waals surface area contributed by atoms with Crippen molar-refractivity contribution in [1.82, 2.24) is 15.2 Å². The highest BCUT2D eigenvalue weighted by molar-refractivity contribution is 5.94. The molecule has 0 radical (unpaired) electrons. The van der Waals surface area contributed by atoms with Gasteiger partial charge in [-0.15, -0.1) is 0 Å². The minimum Gasteiger partial charge on any atom is -0.490 e. The fourth-order valence-corrected chi connectivity index (χ4v) is 3.53. The monoisotopic (exact) mass is 350 g/mol. The Bertz CT molecular complexity index is 934. The van der Waals surface area contributed by atoms with E-state index in [9.17, 15) is 0 Å². The SMILES string of the molecule is CO[C@H]1CCN(c2cc(-c3n[nH]c4ccc(OC5CC5)cc34)ccn2)C1. The molecule has 134 valence electrons. The Morgan fingerprint density at radius 2 is 2.04 bits per heavy atom. The minimum atomic E-state index is 0.286. The second kappa shape index (κ2) is 6.29. The largest absolute Gasteiger partial charge is 0.490 e. The zero-order valence-corrected chi connectivity index (χ0v) is 14.8. The molecule has 1 N–H and O–H groups in total. The first-order valence-electron chi connectivity index (χ1n) is 9.19. The van der Waals surface area contributed by atoms with E-state index in [0.29, 0.717) is 6.10 Å². The fourth-order valence-electron chi connectivity index (χ4n) is 3.53. The highest BCUT2D eigenvalue weighted by Crippen LogP contribution is 2.33. The molecule has 1 saturated heterocycles. The van der Waals surface area contributed by atoms with E-state index in [4.69, 9.17) is 9.47 Å². The van der Waals surface area contributed by atoms with Crippen LogP contribution in [0.15, 0.2) is 36.5 Å². The highest BCUT2D eigenvalue weighted by Gasteiger charge is 2.25. The van der Waals surface area contributed by atoms with Gasteiger partial charge in [-0.05, 0) is 49.6 Å². The van der Waals surface area contributed by atoms with Gasteiger partial charge in [0, 0.05) is 37.3 Å². The zero-order valence-electron chi connectivity index (χ0n) is 14.8. The molecule has 2 aromatic heterocycles. The molecule has 3 heterocycles. The number of H-pyrrole nitrogens is 1. The number of ether oxygens (including phenoxy) is 2. The first-order valence-corrected chi connectivity index (χ1v) is 9.19. The number of rotatable bonds is 5. The molecule has 6 heteroatoms. The van der Waals surface area contributed by atoms with Crippen LogP contribution in [0.5, 0.6) is 5.75 Å². The number of nitrogens with zero attached hydrogens (tertiary/aromatic N) is 3. The van der Waals surface area contributed by atoms with Gasteiger partial charge in [-0.2, -0.15) is 5.10 Å². The first kappa shape index (κ1) is 15.6. The summed E-state index contributed by atoms with van der Waals surface area (Å²) in [5.41, 5.74) is 3.01. The molecule has 2 fully saturated rings. The number of anilines is 1. The zero-order chi connectivity index (χ0) is 17.5. The van der Waals surface area contributed by atoms with Crippen molar-refractivity contribution in [1.29, 1.82) is 0 Å². The van der Waals surface area contributed by atoms with Crippen LogP contribution in [0.1, 0.15) is 19.3 Å². The first-order chi connectivity index (χ1) is 12.8. The highest BCUT2D eigenvalue weighted by atomic mass is 16.5. The van der Waals surface area contributed by atoms with Gasteiger partial charge in [0.05, 0.1) is 17.7 Å². The molecule has 0 bridgehead atoms. The van der Waals surface area contributed by atoms with E-state index in [2.05, 4.69) is 32.2 Å². The van der Waals surface area contributed by atoms with Crippen LogP contribution in [0.4, 0.5) is 5.82 Å². The van der Waals surface area contributed by atoms with Gasteiger partial charge in [0.25, 0.3) is 0 Å². The Morgan fingerprint density at radius 3 is 2.85 bits per heavy atom. The Hall–Kier alpha value is -2.60. The lowest BCUT2D eigenvalue weighted by Crippen LogP contribution is -2.23. The number of fused-ring (bicyclic) bond motifs is 1. The van der Waals surface area contributed by atoms with E-state index in [0.717, 1.165) is 66.1 Å². The minimum absolute atomic E-state index is 0.286. The Labute approximate surface area is 152 Å². The number of hydrogen-bond donors (Lipinski definition) is 1. The van der Waals surface area contributed by atoms with Crippen molar-refractivity contribution < 1.29 is 9.47 Å². The van der Waals surface area contributed by atoms with Crippen LogP contribution in [0, 0.1) is 0 Å². The van der Waals surface area contributed by atoms with Gasteiger partial charge in [0.1, 0.15) is 17.3 Å². The summed E-state index contributed by atoms with van der Waals surface area (Å²) >= 11 is 0. The third-order valence-electron chi connectivity index (χ3n) is 5.18. The Kier molecular flexibility index (Phi) is 3.78. The van der Waals surface area contributed by atoms with E-state index in [1.807, 2.05) is 24.4 Å². The van der Waals surface area contributed by atoms with Crippen molar-refractivity contribution in [2.24, 2.45) is 0 Å². The molecule has 3 aromatic rings. The maximum atomic E-state index is 5.95. The summed E-state index contributed by atoms with van der Waals surface area (Å²) < 4.78 is 11.4. The maximum absolute atomic E-state index is 5.95. The van der Waals surface area contributed by atoms with Crippen LogP contribution >= 0.6 is 0 Å². The number of benzene rings is 1. The number of hydrogen-bond acceptors (Lipinski definition) is 5. The van der Waals surface area contributed by atoms with E-state index in [1.165, 1.54) is 0 Å². The number of pyridine rings is 1. The average molecular weight is 350 g/mol. The maximum Gasteiger partial charge on any atom is 0.129 e. The summed E-state index contributed by atoms with van der Waals surface area (Å²) in [4.78, 5) is 6.82. The predicted molar refractivity (Wildman–Crippen MR) is 101 cm³/mol. The fraction of sp³-hybridized carbons (Fsp3) is 0.400. The third-order valence-corrected chi connectivity index (χ3v) is 5.18. The Morgan fingerprint density at radius 1 is 1.12 bits per heavy atom. The van der Waals surface area contributed by atoms with Crippen molar-refractivity contribution >= 4 is 16.7 Å². The third kappa shape index (κ3) is 2.90. The number of aromatic nitrogens is 3. The second-order valence-corrected chi connectivity index (χ2v) is 7.09. The van der Waals surface area contributed by atoms with E-state index < -0.39 is 0 Å². The van der Waals surface area contributed by atoms with Gasteiger partial charge in [-0.1, -0.05) is 0 Å². The van der Waals surface area contributed by atoms with Crippen molar-refractivity contribution in [2.75, 3.05) is 25.1 Å². The van der Waals surface area contributed by atoms with Crippen LogP contribution in [-0.2, 0) is 4.74 Å². The molecule has 1 atom stereocenters. The molecular formula is C20H22N4O2. The van der Waals surface area contributed by atoms with E-state index >= 15 is 0 Å². The molecular weight excluding hydrogens is 328 g/mol. The van der Waals surface area contributed by atoms with E-state index in [-0.39, 0.29) is 6.10 Å². The van der Waals surface area contributed by atoms with Gasteiger partial charge < -0.3 is 14.4 Å². The molecule has 0 spiro atoms. The quantitative estimate of drug-likeness (QED) is 0.764. The molecule has 2 aliphatic rings. The smallest absolute Gasteiger partial charge is 0.129 e. The average Bonchev–Trinajstić information content (AvgIpc) is 3.20. The van der Waals surface area contributed by atoms with Crippen LogP contribution in [-0.4, -0.2) is 47.6 Å². The van der Waals surface area contributed by atoms with Gasteiger partial charge in [0.15, 0.2) is 0 Å². The number of methoxy groups -OCH3 is 1. The van der Waals surface area contributed by atoms with Gasteiger partial charge in [-0.3, -0.25) is 5.10 Å². The second-order valence-electron chi connectivity index (χ2n) is 7.09. The molecule has 26 heavy (non-hydrogen) atoms. The normalized spacial score (nSPS) is 20.0. The molecule has 0 unspecified atom stereocenters. The van der Waals surface area contributed by atoms with Gasteiger partial charge in [0.2, 0.25) is 0 Å². The van der Waals surface area contributed by atoms with Crippen molar-refractivity contribution in [3.63, 3.8) is 0 Å². The summed E-state index contributed by atoms with van der Waals surface area (Å²) in [5.74, 6) is 1.89. The lowest BCUT2D eigenvalue weighted by molar-refractivity contribution is 0.121. The van der Waals surface area contributed by atoms with Crippen molar-refractivity contribution in [2.45, 2.75) is 31.5 Å². The van der Waals surface area contributed by atoms with Crippen molar-refractivity contribution in [3.8, 4) is 17.0 Å². The summed E-state index contributed by atoms with van der Waals surface area (Å²) in [6, 6.07) is 10.3. The van der Waals surface area contributed by atoms with Crippen LogP contribution in [0.25, 0.3) is 22.2 Å². The molecule has 0 amide bonds. The summed E-state index contributed by atoms with van der Waals surface area (Å²) in [5, 5.41) is 8.76. The van der Waals surface area contributed by atoms with E-state index in [1.54, 1.807) is 7.11 Å². The van der Waals surface area contributed by atoms with Crippen LogP contribution in [0.2, 0.25) is 0 Å². The molecule has 1 aliphatic carbocycles. The number of aromatic amines is 1. The summed E-state index contributed by atoms with van der Waals surface area (Å²) in [6.45, 7) is 1.85. The molecule has 1 aliphatic heterocycles.